The highest BCUT2D eigenvalue weighted by molar-refractivity contribution is 5.67. The summed E-state index contributed by atoms with van der Waals surface area (Å²) in [5.74, 6) is 0.943. The van der Waals surface area contributed by atoms with E-state index in [0.29, 0.717) is 11.5 Å². The first-order chi connectivity index (χ1) is 18.6. The minimum atomic E-state index is -0.515. The van der Waals surface area contributed by atoms with Gasteiger partial charge in [0.25, 0.3) is 0 Å². The van der Waals surface area contributed by atoms with Gasteiger partial charge in [0.1, 0.15) is 17.7 Å². The summed E-state index contributed by atoms with van der Waals surface area (Å²) in [7, 11) is 0. The van der Waals surface area contributed by atoms with Crippen molar-refractivity contribution in [3.8, 4) is 23.0 Å². The number of rotatable bonds is 6. The van der Waals surface area contributed by atoms with Crippen molar-refractivity contribution in [2.45, 2.75) is 63.4 Å². The number of piperidine rings is 1. The lowest BCUT2D eigenvalue weighted by Gasteiger charge is -2.39. The number of ether oxygens (including phenoxy) is 1. The summed E-state index contributed by atoms with van der Waals surface area (Å²) in [6, 6.07) is 17.2. The SMILES string of the molecule is N#Cc1ccc(-c2cc(NCC3CCCCC3)nn2-c2ccc(N3CCC4(CCCO4)CC3)cc2)cc1F. The molecule has 1 N–H and O–H groups in total. The van der Waals surface area contributed by atoms with E-state index in [2.05, 4.69) is 34.5 Å². The van der Waals surface area contributed by atoms with E-state index in [9.17, 15) is 9.65 Å². The molecule has 6 rings (SSSR count). The highest BCUT2D eigenvalue weighted by atomic mass is 19.1. The fourth-order valence-electron chi connectivity index (χ4n) is 6.40. The number of nitriles is 1. The van der Waals surface area contributed by atoms with Gasteiger partial charge in [0.15, 0.2) is 0 Å². The van der Waals surface area contributed by atoms with E-state index >= 15 is 0 Å². The summed E-state index contributed by atoms with van der Waals surface area (Å²) in [6.45, 7) is 3.82. The van der Waals surface area contributed by atoms with Crippen molar-refractivity contribution in [2.24, 2.45) is 5.92 Å². The molecule has 2 aromatic carbocycles. The number of benzene rings is 2. The molecule has 3 aliphatic rings. The Morgan fingerprint density at radius 2 is 1.74 bits per heavy atom. The molecule has 0 bridgehead atoms. The number of hydrogen-bond donors (Lipinski definition) is 1. The van der Waals surface area contributed by atoms with Crippen LogP contribution in [0.1, 0.15) is 63.4 Å². The fourth-order valence-corrected chi connectivity index (χ4v) is 6.40. The molecule has 3 fully saturated rings. The lowest BCUT2D eigenvalue weighted by atomic mass is 9.88. The standard InChI is InChI=1S/C31H36FN5O/c32-28-19-24(7-8-25(28)21-33)29-20-30(34-22-23-5-2-1-3-6-23)35-37(29)27-11-9-26(10-12-27)36-16-14-31(15-17-36)13-4-18-38-31/h7-12,19-20,23H,1-6,13-18,22H2,(H,34,35). The largest absolute Gasteiger partial charge is 0.375 e. The molecule has 6 nitrogen and oxygen atoms in total. The molecule has 3 heterocycles. The Morgan fingerprint density at radius 3 is 2.42 bits per heavy atom. The molecular weight excluding hydrogens is 477 g/mol. The van der Waals surface area contributed by atoms with Gasteiger partial charge in [-0.3, -0.25) is 0 Å². The molecule has 1 saturated carbocycles. The number of anilines is 2. The molecular formula is C31H36FN5O. The third kappa shape index (κ3) is 5.15. The minimum Gasteiger partial charge on any atom is -0.375 e. The van der Waals surface area contributed by atoms with Crippen LogP contribution in [0.3, 0.4) is 0 Å². The van der Waals surface area contributed by atoms with Crippen LogP contribution in [0.2, 0.25) is 0 Å². The Morgan fingerprint density at radius 1 is 0.974 bits per heavy atom. The maximum absolute atomic E-state index is 14.6. The van der Waals surface area contributed by atoms with Crippen molar-refractivity contribution in [3.63, 3.8) is 0 Å². The van der Waals surface area contributed by atoms with Gasteiger partial charge in [0.2, 0.25) is 0 Å². The van der Waals surface area contributed by atoms with Gasteiger partial charge in [-0.25, -0.2) is 9.07 Å². The summed E-state index contributed by atoms with van der Waals surface area (Å²) in [5.41, 5.74) is 3.78. The molecule has 2 aliphatic heterocycles. The fraction of sp³-hybridized carbons (Fsp3) is 0.484. The molecule has 1 aliphatic carbocycles. The van der Waals surface area contributed by atoms with Crippen LogP contribution in [-0.4, -0.2) is 41.6 Å². The molecule has 198 valence electrons. The summed E-state index contributed by atoms with van der Waals surface area (Å²) in [6.07, 6.45) is 11.0. The smallest absolute Gasteiger partial charge is 0.149 e. The number of halogens is 1. The van der Waals surface area contributed by atoms with Crippen molar-refractivity contribution in [3.05, 3.63) is 59.9 Å². The predicted octanol–water partition coefficient (Wildman–Crippen LogP) is 6.69. The summed E-state index contributed by atoms with van der Waals surface area (Å²) in [4.78, 5) is 2.44. The second-order valence-electron chi connectivity index (χ2n) is 11.2. The van der Waals surface area contributed by atoms with Gasteiger partial charge in [-0.1, -0.05) is 25.3 Å². The first kappa shape index (κ1) is 24.9. The van der Waals surface area contributed by atoms with Crippen LogP contribution in [0.4, 0.5) is 15.9 Å². The second kappa shape index (κ2) is 10.8. The Hall–Kier alpha value is -3.37. The van der Waals surface area contributed by atoms with E-state index in [0.717, 1.165) is 56.3 Å². The number of hydrogen-bond acceptors (Lipinski definition) is 5. The van der Waals surface area contributed by atoms with Crippen molar-refractivity contribution in [1.82, 2.24) is 9.78 Å². The summed E-state index contributed by atoms with van der Waals surface area (Å²) < 4.78 is 22.5. The zero-order valence-corrected chi connectivity index (χ0v) is 22.0. The summed E-state index contributed by atoms with van der Waals surface area (Å²) in [5, 5.41) is 17.6. The molecule has 1 spiro atoms. The van der Waals surface area contributed by atoms with Crippen molar-refractivity contribution >= 4 is 11.5 Å². The minimum absolute atomic E-state index is 0.0473. The first-order valence-corrected chi connectivity index (χ1v) is 14.2. The van der Waals surface area contributed by atoms with Crippen molar-refractivity contribution in [1.29, 1.82) is 5.26 Å². The third-order valence-electron chi connectivity index (χ3n) is 8.71. The number of nitrogens with one attached hydrogen (secondary N) is 1. The highest BCUT2D eigenvalue weighted by Crippen LogP contribution is 2.37. The molecule has 38 heavy (non-hydrogen) atoms. The number of aromatic nitrogens is 2. The van der Waals surface area contributed by atoms with E-state index in [1.165, 1.54) is 62.8 Å². The molecule has 1 aromatic heterocycles. The quantitative estimate of drug-likeness (QED) is 0.398. The van der Waals surface area contributed by atoms with Crippen LogP contribution < -0.4 is 10.2 Å². The maximum Gasteiger partial charge on any atom is 0.149 e. The Labute approximate surface area is 224 Å². The number of nitrogens with zero attached hydrogens (tertiary/aromatic N) is 4. The van der Waals surface area contributed by atoms with Crippen LogP contribution >= 0.6 is 0 Å². The van der Waals surface area contributed by atoms with Crippen LogP contribution in [0.25, 0.3) is 16.9 Å². The van der Waals surface area contributed by atoms with E-state index < -0.39 is 5.82 Å². The molecule has 0 amide bonds. The van der Waals surface area contributed by atoms with Gasteiger partial charge in [0, 0.05) is 43.6 Å². The first-order valence-electron chi connectivity index (χ1n) is 14.2. The normalized spacial score (nSPS) is 19.5. The zero-order chi connectivity index (χ0) is 26.0. The van der Waals surface area contributed by atoms with Gasteiger partial charge in [-0.2, -0.15) is 5.26 Å². The van der Waals surface area contributed by atoms with Gasteiger partial charge in [0.05, 0.1) is 22.5 Å². The lowest BCUT2D eigenvalue weighted by molar-refractivity contribution is -0.0146. The Bertz CT molecular complexity index is 1290. The third-order valence-corrected chi connectivity index (χ3v) is 8.71. The van der Waals surface area contributed by atoms with Crippen LogP contribution in [0.5, 0.6) is 0 Å². The van der Waals surface area contributed by atoms with E-state index in [1.54, 1.807) is 6.07 Å². The Balaban J connectivity index is 1.24. The molecule has 0 atom stereocenters. The highest BCUT2D eigenvalue weighted by Gasteiger charge is 2.38. The average Bonchev–Trinajstić information content (AvgIpc) is 3.60. The monoisotopic (exact) mass is 513 g/mol. The predicted molar refractivity (Wildman–Crippen MR) is 148 cm³/mol. The Kier molecular flexibility index (Phi) is 7.08. The van der Waals surface area contributed by atoms with Crippen molar-refractivity contribution < 1.29 is 9.13 Å². The van der Waals surface area contributed by atoms with Crippen LogP contribution in [-0.2, 0) is 4.74 Å². The van der Waals surface area contributed by atoms with Crippen LogP contribution in [0.15, 0.2) is 48.5 Å². The van der Waals surface area contributed by atoms with E-state index in [1.807, 2.05) is 16.8 Å². The van der Waals surface area contributed by atoms with E-state index in [4.69, 9.17) is 9.84 Å². The molecule has 7 heteroatoms. The van der Waals surface area contributed by atoms with Crippen molar-refractivity contribution in [2.75, 3.05) is 36.5 Å². The maximum atomic E-state index is 14.6. The van der Waals surface area contributed by atoms with Gasteiger partial charge < -0.3 is 15.0 Å². The molecule has 2 saturated heterocycles. The van der Waals surface area contributed by atoms with Gasteiger partial charge >= 0.3 is 0 Å². The summed E-state index contributed by atoms with van der Waals surface area (Å²) >= 11 is 0. The van der Waals surface area contributed by atoms with Gasteiger partial charge in [-0.15, -0.1) is 5.10 Å². The molecule has 0 unspecified atom stereocenters. The second-order valence-corrected chi connectivity index (χ2v) is 11.2. The average molecular weight is 514 g/mol. The lowest BCUT2D eigenvalue weighted by Crippen LogP contribution is -2.44. The molecule has 0 radical (unpaired) electrons. The zero-order valence-electron chi connectivity index (χ0n) is 22.0. The van der Waals surface area contributed by atoms with Crippen LogP contribution in [0, 0.1) is 23.1 Å². The van der Waals surface area contributed by atoms with E-state index in [-0.39, 0.29) is 11.2 Å². The topological polar surface area (TPSA) is 66.1 Å². The molecule has 3 aromatic rings. The van der Waals surface area contributed by atoms with Gasteiger partial charge in [-0.05, 0) is 80.8 Å².